The summed E-state index contributed by atoms with van der Waals surface area (Å²) in [5.41, 5.74) is 0.980. The standard InChI is InChI=1S/C20H27N5O4/c1-5-6-11-25-16-17(24(2)20(27)23-18(16)26)22-19(25)21-10-9-13-7-8-14(28-3)15(12-13)29-4/h7-8,12H,5-6,9-11H2,1-4H3,(H,21,22)(H,23,26,27). The lowest BCUT2D eigenvalue weighted by molar-refractivity contribution is 0.354. The Labute approximate surface area is 168 Å². The Hall–Kier alpha value is -3.23. The number of nitrogens with one attached hydrogen (secondary N) is 2. The number of aromatic nitrogens is 4. The molecule has 0 saturated carbocycles. The van der Waals surface area contributed by atoms with E-state index in [1.807, 2.05) is 22.8 Å². The third kappa shape index (κ3) is 4.13. The smallest absolute Gasteiger partial charge is 0.329 e. The van der Waals surface area contributed by atoms with Crippen LogP contribution in [0.2, 0.25) is 0 Å². The molecule has 0 bridgehead atoms. The van der Waals surface area contributed by atoms with Crippen LogP contribution in [0.15, 0.2) is 27.8 Å². The normalized spacial score (nSPS) is 11.0. The minimum atomic E-state index is -0.473. The van der Waals surface area contributed by atoms with E-state index in [9.17, 15) is 9.59 Å². The van der Waals surface area contributed by atoms with Crippen LogP contribution in [0.3, 0.4) is 0 Å². The number of unbranched alkanes of at least 4 members (excludes halogenated alkanes) is 1. The van der Waals surface area contributed by atoms with Gasteiger partial charge >= 0.3 is 5.69 Å². The van der Waals surface area contributed by atoms with Crippen molar-refractivity contribution >= 4 is 17.1 Å². The molecule has 9 heteroatoms. The number of anilines is 1. The molecule has 0 unspecified atom stereocenters. The van der Waals surface area contributed by atoms with Crippen molar-refractivity contribution in [1.82, 2.24) is 19.1 Å². The molecule has 2 N–H and O–H groups in total. The molecule has 0 fully saturated rings. The molecule has 0 amide bonds. The number of rotatable bonds is 9. The summed E-state index contributed by atoms with van der Waals surface area (Å²) >= 11 is 0. The monoisotopic (exact) mass is 401 g/mol. The van der Waals surface area contributed by atoms with Gasteiger partial charge in [0.15, 0.2) is 22.7 Å². The van der Waals surface area contributed by atoms with Crippen LogP contribution in [-0.4, -0.2) is 39.9 Å². The number of ether oxygens (including phenoxy) is 2. The van der Waals surface area contributed by atoms with Gasteiger partial charge in [-0.3, -0.25) is 14.3 Å². The summed E-state index contributed by atoms with van der Waals surface area (Å²) in [5.74, 6) is 1.95. The maximum absolute atomic E-state index is 12.4. The average molecular weight is 401 g/mol. The fourth-order valence-electron chi connectivity index (χ4n) is 3.26. The van der Waals surface area contributed by atoms with Crippen molar-refractivity contribution in [3.63, 3.8) is 0 Å². The van der Waals surface area contributed by atoms with Gasteiger partial charge in [-0.1, -0.05) is 19.4 Å². The van der Waals surface area contributed by atoms with E-state index in [1.165, 1.54) is 4.57 Å². The van der Waals surface area contributed by atoms with Crippen LogP contribution < -0.4 is 26.0 Å². The van der Waals surface area contributed by atoms with E-state index in [0.29, 0.717) is 41.7 Å². The summed E-state index contributed by atoms with van der Waals surface area (Å²) in [5, 5.41) is 3.31. The van der Waals surface area contributed by atoms with Gasteiger partial charge in [0.1, 0.15) is 0 Å². The first kappa shape index (κ1) is 20.5. The molecule has 156 valence electrons. The van der Waals surface area contributed by atoms with Crippen molar-refractivity contribution in [2.75, 3.05) is 26.1 Å². The molecular formula is C20H27N5O4. The van der Waals surface area contributed by atoms with Crippen molar-refractivity contribution in [1.29, 1.82) is 0 Å². The molecule has 0 aliphatic heterocycles. The van der Waals surface area contributed by atoms with E-state index in [2.05, 4.69) is 22.2 Å². The van der Waals surface area contributed by atoms with Crippen LogP contribution in [0, 0.1) is 0 Å². The number of nitrogens with zero attached hydrogens (tertiary/aromatic N) is 3. The predicted molar refractivity (Wildman–Crippen MR) is 112 cm³/mol. The van der Waals surface area contributed by atoms with Crippen LogP contribution in [-0.2, 0) is 20.0 Å². The van der Waals surface area contributed by atoms with Crippen molar-refractivity contribution in [3.8, 4) is 11.5 Å². The van der Waals surface area contributed by atoms with Crippen molar-refractivity contribution in [3.05, 3.63) is 44.6 Å². The van der Waals surface area contributed by atoms with Gasteiger partial charge in [-0.15, -0.1) is 0 Å². The average Bonchev–Trinajstić information content (AvgIpc) is 3.09. The minimum absolute atomic E-state index is 0.378. The lowest BCUT2D eigenvalue weighted by Crippen LogP contribution is -2.29. The summed E-state index contributed by atoms with van der Waals surface area (Å²) in [6, 6.07) is 5.80. The second-order valence-electron chi connectivity index (χ2n) is 6.80. The highest BCUT2D eigenvalue weighted by Crippen LogP contribution is 2.27. The molecule has 3 aromatic rings. The Morgan fingerprint density at radius 3 is 2.62 bits per heavy atom. The molecular weight excluding hydrogens is 374 g/mol. The van der Waals surface area contributed by atoms with E-state index >= 15 is 0 Å². The zero-order valence-electron chi connectivity index (χ0n) is 17.2. The maximum Gasteiger partial charge on any atom is 0.329 e. The van der Waals surface area contributed by atoms with Gasteiger partial charge in [0.2, 0.25) is 5.95 Å². The first-order valence-electron chi connectivity index (χ1n) is 9.64. The van der Waals surface area contributed by atoms with E-state index in [1.54, 1.807) is 21.3 Å². The molecule has 0 saturated heterocycles. The SMILES string of the molecule is CCCCn1c(NCCc2ccc(OC)c(OC)c2)nc2c1c(=O)[nH]c(=O)n2C. The Balaban J connectivity index is 1.86. The van der Waals surface area contributed by atoms with E-state index in [4.69, 9.17) is 9.47 Å². The van der Waals surface area contributed by atoms with Gasteiger partial charge in [-0.25, -0.2) is 4.79 Å². The molecule has 0 spiro atoms. The molecule has 29 heavy (non-hydrogen) atoms. The molecule has 2 aromatic heterocycles. The van der Waals surface area contributed by atoms with Crippen LogP contribution in [0.25, 0.3) is 11.2 Å². The molecule has 3 rings (SSSR count). The van der Waals surface area contributed by atoms with Gasteiger partial charge in [-0.05, 0) is 30.5 Å². The van der Waals surface area contributed by atoms with Gasteiger partial charge < -0.3 is 19.4 Å². The zero-order valence-corrected chi connectivity index (χ0v) is 17.2. The molecule has 0 aliphatic carbocycles. The summed E-state index contributed by atoms with van der Waals surface area (Å²) in [6.07, 6.45) is 2.61. The number of hydrogen-bond acceptors (Lipinski definition) is 6. The molecule has 0 radical (unpaired) electrons. The molecule has 9 nitrogen and oxygen atoms in total. The topological polar surface area (TPSA) is 103 Å². The Kier molecular flexibility index (Phi) is 6.26. The molecule has 0 aliphatic rings. The highest BCUT2D eigenvalue weighted by atomic mass is 16.5. The summed E-state index contributed by atoms with van der Waals surface area (Å²) in [7, 11) is 4.82. The summed E-state index contributed by atoms with van der Waals surface area (Å²) in [4.78, 5) is 31.2. The first-order valence-corrected chi connectivity index (χ1v) is 9.64. The lowest BCUT2D eigenvalue weighted by atomic mass is 10.1. The highest BCUT2D eigenvalue weighted by Gasteiger charge is 2.16. The van der Waals surface area contributed by atoms with Crippen LogP contribution in [0.4, 0.5) is 5.95 Å². The number of aromatic amines is 1. The zero-order chi connectivity index (χ0) is 21.0. The second-order valence-corrected chi connectivity index (χ2v) is 6.80. The lowest BCUT2D eigenvalue weighted by Gasteiger charge is -2.11. The van der Waals surface area contributed by atoms with Gasteiger partial charge in [0.05, 0.1) is 14.2 Å². The largest absolute Gasteiger partial charge is 0.493 e. The first-order chi connectivity index (χ1) is 14.0. The maximum atomic E-state index is 12.4. The van der Waals surface area contributed by atoms with Gasteiger partial charge in [0.25, 0.3) is 5.56 Å². The number of benzene rings is 1. The molecule has 2 heterocycles. The number of H-pyrrole nitrogens is 1. The minimum Gasteiger partial charge on any atom is -0.493 e. The van der Waals surface area contributed by atoms with Crippen LogP contribution >= 0.6 is 0 Å². The van der Waals surface area contributed by atoms with Crippen LogP contribution in [0.1, 0.15) is 25.3 Å². The van der Waals surface area contributed by atoms with Gasteiger partial charge in [0, 0.05) is 20.1 Å². The van der Waals surface area contributed by atoms with Crippen molar-refractivity contribution in [2.24, 2.45) is 7.05 Å². The number of aryl methyl sites for hydroxylation is 2. The van der Waals surface area contributed by atoms with Gasteiger partial charge in [-0.2, -0.15) is 4.98 Å². The van der Waals surface area contributed by atoms with Crippen molar-refractivity contribution in [2.45, 2.75) is 32.7 Å². The van der Waals surface area contributed by atoms with Crippen LogP contribution in [0.5, 0.6) is 11.5 Å². The Morgan fingerprint density at radius 2 is 1.93 bits per heavy atom. The third-order valence-corrected chi connectivity index (χ3v) is 4.89. The molecule has 1 aromatic carbocycles. The Bertz CT molecular complexity index is 1110. The number of methoxy groups -OCH3 is 2. The Morgan fingerprint density at radius 1 is 1.17 bits per heavy atom. The predicted octanol–water partition coefficient (Wildman–Crippen LogP) is 1.90. The summed E-state index contributed by atoms with van der Waals surface area (Å²) < 4.78 is 13.8. The van der Waals surface area contributed by atoms with E-state index < -0.39 is 11.2 Å². The highest BCUT2D eigenvalue weighted by molar-refractivity contribution is 5.74. The third-order valence-electron chi connectivity index (χ3n) is 4.89. The van der Waals surface area contributed by atoms with E-state index in [-0.39, 0.29) is 0 Å². The fourth-order valence-corrected chi connectivity index (χ4v) is 3.26. The number of imidazole rings is 1. The number of hydrogen-bond donors (Lipinski definition) is 2. The molecule has 0 atom stereocenters. The van der Waals surface area contributed by atoms with E-state index in [0.717, 1.165) is 24.8 Å². The van der Waals surface area contributed by atoms with Crippen molar-refractivity contribution < 1.29 is 9.47 Å². The number of fused-ring (bicyclic) bond motifs is 1. The quantitative estimate of drug-likeness (QED) is 0.568. The second kappa shape index (κ2) is 8.85. The fraction of sp³-hybridized carbons (Fsp3) is 0.450. The summed E-state index contributed by atoms with van der Waals surface area (Å²) in [6.45, 7) is 3.34.